The van der Waals surface area contributed by atoms with Gasteiger partial charge < -0.3 is 19.5 Å². The molecule has 0 spiro atoms. The van der Waals surface area contributed by atoms with Crippen molar-refractivity contribution >= 4 is 23.4 Å². The van der Waals surface area contributed by atoms with Crippen LogP contribution in [0, 0.1) is 0 Å². The molecule has 30 heavy (non-hydrogen) atoms. The summed E-state index contributed by atoms with van der Waals surface area (Å²) < 4.78 is 19.3. The molecule has 0 aliphatic heterocycles. The highest BCUT2D eigenvalue weighted by Crippen LogP contribution is 2.30. The lowest BCUT2D eigenvalue weighted by Gasteiger charge is -2.10. The number of rotatable bonds is 10. The Morgan fingerprint density at radius 2 is 2.03 bits per heavy atom. The van der Waals surface area contributed by atoms with Crippen LogP contribution in [0.5, 0.6) is 11.6 Å². The fraction of sp³-hybridized carbons (Fsp3) is 0.368. The van der Waals surface area contributed by atoms with Gasteiger partial charge in [0.05, 0.1) is 33.1 Å². The third kappa shape index (κ3) is 5.10. The molecule has 0 aliphatic rings. The van der Waals surface area contributed by atoms with Crippen molar-refractivity contribution < 1.29 is 19.0 Å². The van der Waals surface area contributed by atoms with Gasteiger partial charge in [-0.25, -0.2) is 0 Å². The molecule has 160 valence electrons. The monoisotopic (exact) mass is 432 g/mol. The molecule has 2 aromatic heterocycles. The van der Waals surface area contributed by atoms with E-state index in [9.17, 15) is 4.79 Å². The van der Waals surface area contributed by atoms with Crippen molar-refractivity contribution in [1.82, 2.24) is 24.5 Å². The average molecular weight is 433 g/mol. The predicted molar refractivity (Wildman–Crippen MR) is 113 cm³/mol. The number of ether oxygens (including phenoxy) is 3. The molecule has 1 amide bonds. The minimum absolute atomic E-state index is 0.157. The summed E-state index contributed by atoms with van der Waals surface area (Å²) in [7, 11) is 6.57. The zero-order valence-electron chi connectivity index (χ0n) is 17.3. The third-order valence-corrected chi connectivity index (χ3v) is 5.12. The van der Waals surface area contributed by atoms with E-state index in [-0.39, 0.29) is 11.7 Å². The van der Waals surface area contributed by atoms with Crippen LogP contribution in [-0.4, -0.2) is 64.1 Å². The molecule has 0 bridgehead atoms. The van der Waals surface area contributed by atoms with Gasteiger partial charge in [0.25, 0.3) is 0 Å². The van der Waals surface area contributed by atoms with Crippen molar-refractivity contribution in [3.05, 3.63) is 30.5 Å². The number of thioether (sulfide) groups is 1. The van der Waals surface area contributed by atoms with Crippen LogP contribution in [0.2, 0.25) is 0 Å². The van der Waals surface area contributed by atoms with Crippen LogP contribution in [0.1, 0.15) is 0 Å². The SMILES string of the molecule is COCCn1c(SCC(=O)Nc2cccc(OC)c2)nnc1-c1cn(C)nc1OC. The van der Waals surface area contributed by atoms with Crippen LogP contribution in [0.15, 0.2) is 35.6 Å². The standard InChI is InChI=1S/C19H24N6O4S/c1-24-11-15(18(23-24)29-4)17-21-22-19(25(17)8-9-27-2)30-12-16(26)20-13-6-5-7-14(10-13)28-3/h5-7,10-11H,8-9,12H2,1-4H3,(H,20,26). The summed E-state index contributed by atoms with van der Waals surface area (Å²) in [6.07, 6.45) is 1.82. The predicted octanol–water partition coefficient (Wildman–Crippen LogP) is 2.07. The van der Waals surface area contributed by atoms with Gasteiger partial charge >= 0.3 is 0 Å². The molecule has 0 radical (unpaired) electrons. The Morgan fingerprint density at radius 3 is 2.77 bits per heavy atom. The summed E-state index contributed by atoms with van der Waals surface area (Å²) in [5.74, 6) is 1.75. The molecule has 0 saturated carbocycles. The molecule has 1 N–H and O–H groups in total. The number of carbonyl (C=O) groups excluding carboxylic acids is 1. The van der Waals surface area contributed by atoms with Gasteiger partial charge in [0.1, 0.15) is 11.3 Å². The minimum Gasteiger partial charge on any atom is -0.497 e. The Bertz CT molecular complexity index is 1000. The van der Waals surface area contributed by atoms with Crippen LogP contribution in [-0.2, 0) is 23.1 Å². The zero-order chi connectivity index (χ0) is 21.5. The van der Waals surface area contributed by atoms with E-state index in [1.807, 2.05) is 22.9 Å². The molecule has 1 aromatic carbocycles. The lowest BCUT2D eigenvalue weighted by atomic mass is 10.3. The Morgan fingerprint density at radius 1 is 1.20 bits per heavy atom. The molecule has 11 heteroatoms. The molecule has 3 aromatic rings. The lowest BCUT2D eigenvalue weighted by molar-refractivity contribution is -0.113. The number of benzene rings is 1. The van der Waals surface area contributed by atoms with Crippen molar-refractivity contribution in [1.29, 1.82) is 0 Å². The number of aryl methyl sites for hydroxylation is 1. The highest BCUT2D eigenvalue weighted by Gasteiger charge is 2.21. The van der Waals surface area contributed by atoms with Gasteiger partial charge in [-0.05, 0) is 12.1 Å². The second-order valence-corrected chi connectivity index (χ2v) is 7.19. The van der Waals surface area contributed by atoms with E-state index in [0.29, 0.717) is 41.4 Å². The van der Waals surface area contributed by atoms with Gasteiger partial charge in [0.15, 0.2) is 11.0 Å². The van der Waals surface area contributed by atoms with Crippen LogP contribution >= 0.6 is 11.8 Å². The smallest absolute Gasteiger partial charge is 0.243 e. The number of methoxy groups -OCH3 is 3. The molecule has 0 atom stereocenters. The summed E-state index contributed by atoms with van der Waals surface area (Å²) in [5, 5.41) is 16.3. The summed E-state index contributed by atoms with van der Waals surface area (Å²) in [6.45, 7) is 0.994. The number of anilines is 1. The second kappa shape index (κ2) is 10.1. The third-order valence-electron chi connectivity index (χ3n) is 4.15. The molecule has 10 nitrogen and oxygen atoms in total. The van der Waals surface area contributed by atoms with E-state index in [1.54, 1.807) is 45.2 Å². The van der Waals surface area contributed by atoms with E-state index in [4.69, 9.17) is 14.2 Å². The number of nitrogens with zero attached hydrogens (tertiary/aromatic N) is 5. The molecule has 0 aliphatic carbocycles. The largest absolute Gasteiger partial charge is 0.497 e. The van der Waals surface area contributed by atoms with E-state index >= 15 is 0 Å². The highest BCUT2D eigenvalue weighted by atomic mass is 32.2. The quantitative estimate of drug-likeness (QED) is 0.486. The summed E-state index contributed by atoms with van der Waals surface area (Å²) >= 11 is 1.29. The van der Waals surface area contributed by atoms with E-state index < -0.39 is 0 Å². The average Bonchev–Trinajstić information content (AvgIpc) is 3.33. The van der Waals surface area contributed by atoms with Gasteiger partial charge in [0.2, 0.25) is 11.8 Å². The van der Waals surface area contributed by atoms with Gasteiger partial charge in [-0.2, -0.15) is 0 Å². The van der Waals surface area contributed by atoms with Crippen LogP contribution < -0.4 is 14.8 Å². The topological polar surface area (TPSA) is 105 Å². The van der Waals surface area contributed by atoms with Gasteiger partial charge in [-0.3, -0.25) is 14.0 Å². The zero-order valence-corrected chi connectivity index (χ0v) is 18.1. The fourth-order valence-corrected chi connectivity index (χ4v) is 3.54. The van der Waals surface area contributed by atoms with E-state index in [0.717, 1.165) is 5.56 Å². The number of amides is 1. The Labute approximate surface area is 178 Å². The molecule has 2 heterocycles. The summed E-state index contributed by atoms with van der Waals surface area (Å²) in [5.41, 5.74) is 1.39. The summed E-state index contributed by atoms with van der Waals surface area (Å²) in [6, 6.07) is 7.20. The van der Waals surface area contributed by atoms with Gasteiger partial charge in [0, 0.05) is 32.1 Å². The maximum absolute atomic E-state index is 12.4. The molecular formula is C19H24N6O4S. The first-order chi connectivity index (χ1) is 14.5. The normalized spacial score (nSPS) is 10.8. The fourth-order valence-electron chi connectivity index (χ4n) is 2.78. The first-order valence-corrected chi connectivity index (χ1v) is 10.1. The van der Waals surface area contributed by atoms with Crippen molar-refractivity contribution in [2.45, 2.75) is 11.7 Å². The van der Waals surface area contributed by atoms with Crippen molar-refractivity contribution in [3.8, 4) is 23.0 Å². The molecule has 3 rings (SSSR count). The van der Waals surface area contributed by atoms with Crippen LogP contribution in [0.25, 0.3) is 11.4 Å². The van der Waals surface area contributed by atoms with Crippen molar-refractivity contribution in [3.63, 3.8) is 0 Å². The van der Waals surface area contributed by atoms with Crippen LogP contribution in [0.4, 0.5) is 5.69 Å². The van der Waals surface area contributed by atoms with Crippen molar-refractivity contribution in [2.24, 2.45) is 7.05 Å². The maximum Gasteiger partial charge on any atom is 0.243 e. The molecule has 0 saturated heterocycles. The second-order valence-electron chi connectivity index (χ2n) is 6.25. The maximum atomic E-state index is 12.4. The number of hydrogen-bond acceptors (Lipinski definition) is 8. The number of hydrogen-bond donors (Lipinski definition) is 1. The van der Waals surface area contributed by atoms with Crippen LogP contribution in [0.3, 0.4) is 0 Å². The molecule has 0 unspecified atom stereocenters. The summed E-state index contributed by atoms with van der Waals surface area (Å²) in [4.78, 5) is 12.4. The molecular weight excluding hydrogens is 408 g/mol. The Kier molecular flexibility index (Phi) is 7.31. The first-order valence-electron chi connectivity index (χ1n) is 9.12. The highest BCUT2D eigenvalue weighted by molar-refractivity contribution is 7.99. The number of aromatic nitrogens is 5. The van der Waals surface area contributed by atoms with E-state index in [2.05, 4.69) is 20.6 Å². The lowest BCUT2D eigenvalue weighted by Crippen LogP contribution is -2.15. The van der Waals surface area contributed by atoms with Gasteiger partial charge in [-0.15, -0.1) is 15.3 Å². The van der Waals surface area contributed by atoms with E-state index in [1.165, 1.54) is 11.8 Å². The Hall–Kier alpha value is -3.05. The first kappa shape index (κ1) is 21.7. The number of carbonyl (C=O) groups is 1. The van der Waals surface area contributed by atoms with Gasteiger partial charge in [-0.1, -0.05) is 17.8 Å². The Balaban J connectivity index is 1.75. The molecule has 0 fully saturated rings. The van der Waals surface area contributed by atoms with Crippen molar-refractivity contribution in [2.75, 3.05) is 39.0 Å². The number of nitrogens with one attached hydrogen (secondary N) is 1. The minimum atomic E-state index is -0.157.